The largest absolute Gasteiger partial charge is 0.340 e. The molecule has 1 fully saturated rings. The van der Waals surface area contributed by atoms with E-state index in [9.17, 15) is 4.79 Å². The number of hydrogen-bond acceptors (Lipinski definition) is 2. The van der Waals surface area contributed by atoms with Crippen molar-refractivity contribution in [3.05, 3.63) is 0 Å². The van der Waals surface area contributed by atoms with Crippen LogP contribution in [0, 0.1) is 5.92 Å². The summed E-state index contributed by atoms with van der Waals surface area (Å²) >= 11 is 0. The van der Waals surface area contributed by atoms with E-state index in [4.69, 9.17) is 5.73 Å². The molecule has 15 heavy (non-hydrogen) atoms. The van der Waals surface area contributed by atoms with Gasteiger partial charge in [0, 0.05) is 24.5 Å². The van der Waals surface area contributed by atoms with Gasteiger partial charge in [-0.25, -0.2) is 0 Å². The van der Waals surface area contributed by atoms with Gasteiger partial charge in [-0.15, -0.1) is 0 Å². The molecule has 0 aromatic heterocycles. The van der Waals surface area contributed by atoms with Crippen molar-refractivity contribution < 1.29 is 4.79 Å². The maximum Gasteiger partial charge on any atom is 0.224 e. The van der Waals surface area contributed by atoms with Crippen molar-refractivity contribution in [2.45, 2.75) is 58.5 Å². The minimum Gasteiger partial charge on any atom is -0.340 e. The Balaban J connectivity index is 2.50. The maximum absolute atomic E-state index is 12.0. The minimum absolute atomic E-state index is 0.199. The van der Waals surface area contributed by atoms with Gasteiger partial charge < -0.3 is 10.6 Å². The van der Waals surface area contributed by atoms with Crippen LogP contribution in [0.4, 0.5) is 0 Å². The number of hydrogen-bond donors (Lipinski definition) is 1. The third-order valence-corrected chi connectivity index (χ3v) is 2.70. The summed E-state index contributed by atoms with van der Waals surface area (Å²) in [6, 6.07) is 0.292. The second-order valence-electron chi connectivity index (χ2n) is 5.75. The first kappa shape index (κ1) is 12.5. The zero-order valence-electron chi connectivity index (χ0n) is 10.4. The van der Waals surface area contributed by atoms with Crippen molar-refractivity contribution in [1.29, 1.82) is 0 Å². The molecule has 2 N–H and O–H groups in total. The molecule has 3 heteroatoms. The van der Waals surface area contributed by atoms with E-state index in [0.717, 1.165) is 12.5 Å². The molecular formula is C12H24N2O. The van der Waals surface area contributed by atoms with Crippen LogP contribution in [0.2, 0.25) is 0 Å². The molecule has 0 atom stereocenters. The van der Waals surface area contributed by atoms with Gasteiger partial charge in [-0.2, -0.15) is 0 Å². The molecule has 1 saturated carbocycles. The van der Waals surface area contributed by atoms with Crippen LogP contribution in [0.3, 0.4) is 0 Å². The summed E-state index contributed by atoms with van der Waals surface area (Å²) in [6.45, 7) is 8.88. The number of nitrogens with zero attached hydrogens (tertiary/aromatic N) is 1. The molecule has 0 spiro atoms. The van der Waals surface area contributed by atoms with E-state index in [2.05, 4.69) is 13.8 Å². The molecule has 0 saturated heterocycles. The molecule has 1 rings (SSSR count). The van der Waals surface area contributed by atoms with Crippen LogP contribution in [0.5, 0.6) is 0 Å². The summed E-state index contributed by atoms with van der Waals surface area (Å²) in [5.74, 6) is 0.946. The molecule has 0 aromatic rings. The van der Waals surface area contributed by atoms with Crippen LogP contribution < -0.4 is 5.73 Å². The third kappa shape index (κ3) is 4.65. The minimum atomic E-state index is -0.395. The quantitative estimate of drug-likeness (QED) is 0.755. The summed E-state index contributed by atoms with van der Waals surface area (Å²) in [6.07, 6.45) is 3.00. The van der Waals surface area contributed by atoms with Gasteiger partial charge in [-0.05, 0) is 46.5 Å². The lowest BCUT2D eigenvalue weighted by Gasteiger charge is -2.30. The van der Waals surface area contributed by atoms with Crippen LogP contribution in [0.25, 0.3) is 0 Å². The maximum atomic E-state index is 12.0. The van der Waals surface area contributed by atoms with Crippen LogP contribution in [0.1, 0.15) is 47.0 Å². The van der Waals surface area contributed by atoms with Crippen molar-refractivity contribution in [3.8, 4) is 0 Å². The van der Waals surface area contributed by atoms with Gasteiger partial charge in [-0.1, -0.05) is 0 Å². The zero-order valence-corrected chi connectivity index (χ0v) is 10.4. The lowest BCUT2D eigenvalue weighted by atomic mass is 10.0. The van der Waals surface area contributed by atoms with E-state index in [1.54, 1.807) is 0 Å². The average molecular weight is 212 g/mol. The number of rotatable bonds is 5. The highest BCUT2D eigenvalue weighted by molar-refractivity contribution is 5.77. The summed E-state index contributed by atoms with van der Waals surface area (Å²) in [4.78, 5) is 14.0. The highest BCUT2D eigenvalue weighted by Gasteiger charge is 2.29. The summed E-state index contributed by atoms with van der Waals surface area (Å²) in [7, 11) is 0. The highest BCUT2D eigenvalue weighted by atomic mass is 16.2. The predicted molar refractivity (Wildman–Crippen MR) is 62.5 cm³/mol. The van der Waals surface area contributed by atoms with Gasteiger partial charge in [0.1, 0.15) is 0 Å². The monoisotopic (exact) mass is 212 g/mol. The summed E-state index contributed by atoms with van der Waals surface area (Å²) < 4.78 is 0. The number of amides is 1. The Morgan fingerprint density at radius 2 is 2.00 bits per heavy atom. The van der Waals surface area contributed by atoms with Crippen molar-refractivity contribution in [2.24, 2.45) is 11.7 Å². The highest BCUT2D eigenvalue weighted by Crippen LogP contribution is 2.30. The predicted octanol–water partition coefficient (Wildman–Crippen LogP) is 1.76. The Hall–Kier alpha value is -0.570. The number of carbonyl (C=O) groups excluding carboxylic acids is 1. The third-order valence-electron chi connectivity index (χ3n) is 2.70. The molecule has 0 aliphatic heterocycles. The van der Waals surface area contributed by atoms with E-state index in [1.807, 2.05) is 18.7 Å². The molecule has 0 heterocycles. The fourth-order valence-electron chi connectivity index (χ4n) is 1.67. The molecule has 0 unspecified atom stereocenters. The van der Waals surface area contributed by atoms with Crippen molar-refractivity contribution in [2.75, 3.05) is 6.54 Å². The normalized spacial score (nSPS) is 16.9. The van der Waals surface area contributed by atoms with E-state index in [0.29, 0.717) is 12.5 Å². The Morgan fingerprint density at radius 1 is 1.47 bits per heavy atom. The smallest absolute Gasteiger partial charge is 0.224 e. The fraction of sp³-hybridized carbons (Fsp3) is 0.917. The van der Waals surface area contributed by atoms with Crippen molar-refractivity contribution >= 4 is 5.91 Å². The van der Waals surface area contributed by atoms with Gasteiger partial charge in [0.2, 0.25) is 5.91 Å². The van der Waals surface area contributed by atoms with E-state index in [1.165, 1.54) is 12.8 Å². The lowest BCUT2D eigenvalue weighted by molar-refractivity contribution is -0.134. The van der Waals surface area contributed by atoms with Gasteiger partial charge in [-0.3, -0.25) is 4.79 Å². The second-order valence-corrected chi connectivity index (χ2v) is 5.75. The van der Waals surface area contributed by atoms with E-state index in [-0.39, 0.29) is 5.91 Å². The average Bonchev–Trinajstić information content (AvgIpc) is 2.78. The molecule has 1 aliphatic carbocycles. The molecule has 88 valence electrons. The molecule has 0 aromatic carbocycles. The van der Waals surface area contributed by atoms with E-state index >= 15 is 0 Å². The summed E-state index contributed by atoms with van der Waals surface area (Å²) in [5, 5.41) is 0. The van der Waals surface area contributed by atoms with Crippen LogP contribution in [-0.4, -0.2) is 28.9 Å². The molecule has 0 radical (unpaired) electrons. The standard InChI is InChI=1S/C12H24N2O/c1-9(2)14(8-10-5-6-10)11(15)7-12(3,4)13/h9-10H,5-8,13H2,1-4H3. The molecular weight excluding hydrogens is 188 g/mol. The number of nitrogens with two attached hydrogens (primary N) is 1. The summed E-state index contributed by atoms with van der Waals surface area (Å²) in [5.41, 5.74) is 5.48. The first-order valence-corrected chi connectivity index (χ1v) is 5.88. The van der Waals surface area contributed by atoms with Gasteiger partial charge in [0.15, 0.2) is 0 Å². The zero-order chi connectivity index (χ0) is 11.6. The van der Waals surface area contributed by atoms with Gasteiger partial charge in [0.25, 0.3) is 0 Å². The Labute approximate surface area is 93.0 Å². The van der Waals surface area contributed by atoms with Gasteiger partial charge >= 0.3 is 0 Å². The SMILES string of the molecule is CC(C)N(CC1CC1)C(=O)CC(C)(C)N. The molecule has 1 aliphatic rings. The van der Waals surface area contributed by atoms with E-state index < -0.39 is 5.54 Å². The van der Waals surface area contributed by atoms with Gasteiger partial charge in [0.05, 0.1) is 0 Å². The first-order valence-electron chi connectivity index (χ1n) is 5.88. The van der Waals surface area contributed by atoms with Crippen LogP contribution >= 0.6 is 0 Å². The Bertz CT molecular complexity index is 226. The Morgan fingerprint density at radius 3 is 2.33 bits per heavy atom. The van der Waals surface area contributed by atoms with Crippen molar-refractivity contribution in [1.82, 2.24) is 4.90 Å². The topological polar surface area (TPSA) is 46.3 Å². The van der Waals surface area contributed by atoms with Crippen LogP contribution in [0.15, 0.2) is 0 Å². The molecule has 0 bridgehead atoms. The lowest BCUT2D eigenvalue weighted by Crippen LogP contribution is -2.44. The molecule has 1 amide bonds. The Kier molecular flexibility index (Phi) is 3.77. The van der Waals surface area contributed by atoms with Crippen LogP contribution in [-0.2, 0) is 4.79 Å². The number of carbonyl (C=O) groups is 1. The fourth-order valence-corrected chi connectivity index (χ4v) is 1.67. The second kappa shape index (κ2) is 4.52. The van der Waals surface area contributed by atoms with Crippen molar-refractivity contribution in [3.63, 3.8) is 0 Å². The first-order chi connectivity index (χ1) is 6.79. The molecule has 3 nitrogen and oxygen atoms in total.